The van der Waals surface area contributed by atoms with E-state index < -0.39 is 10.8 Å². The summed E-state index contributed by atoms with van der Waals surface area (Å²) in [5.41, 5.74) is 11.3. The number of carbonyl (C=O) groups is 6. The fourth-order valence-electron chi connectivity index (χ4n) is 13.9. The maximum atomic E-state index is 13.6. The molecule has 3 aliphatic heterocycles. The highest BCUT2D eigenvalue weighted by atomic mass is 79.9. The zero-order valence-electron chi connectivity index (χ0n) is 70.9. The summed E-state index contributed by atoms with van der Waals surface area (Å²) in [5.74, 6) is 3.13. The van der Waals surface area contributed by atoms with E-state index in [9.17, 15) is 38.9 Å². The van der Waals surface area contributed by atoms with Crippen molar-refractivity contribution in [3.05, 3.63) is 315 Å². The van der Waals surface area contributed by atoms with E-state index >= 15 is 0 Å². The summed E-state index contributed by atoms with van der Waals surface area (Å²) in [4.78, 5) is 89.2. The maximum absolute atomic E-state index is 13.6. The summed E-state index contributed by atoms with van der Waals surface area (Å²) in [6.45, 7) is 4.03. The SMILES string of the molecule is COc1ccc(C(=O)NCc2nnc(SCC(=O)N3N=C(c4ccc(Br)cc4)CC3c3ccc(C)cc3)n2C)cc1OC.COc1ccc(C2CC(c3ccc(Br)cc3)=NN2C(=O)CSc2nnc(CNC(=O)Cc3ccccc3)n2C)cc1.COc1ccc(C2CC(c3ccc(Br)cc3)=NN2C(=O)CSc2nnc(CNC(=O)c3cccc([N+](=O)[O-])c3C)n2C)cc1. The standard InChI is InChI=1S/C31H31BrN6O4S.C30H28BrN7O5S.C30H29BrN6O3S/c1-19-5-7-21(8-6-19)25-16-24(20-9-12-23(32)13-10-20)36-38(25)29(39)18-43-31-35-34-28(37(31)2)17-33-30(40)22-11-14-26(41-3)27(15-22)42-4;1-18-23(5-4-6-25(18)38(41)42)29(40)32-16-27-33-34-30(36(27)2)44-17-28(39)37-26(20-9-13-22(43-3)14-10-20)15-24(35-37)19-7-11-21(31)12-8-19;1-36-27(18-32-28(38)16-20-6-4-3-5-7-20)33-34-30(36)41-19-29(39)37-26(22-10-14-24(40-2)15-11-22)17-25(35-37)21-8-12-23(31)13-9-21/h5-15,25H,16-18H2,1-4H3,(H,33,40);4-14,26H,15-17H2,1-3H3,(H,32,40);3-15,26H,16-19H2,1-2H3,(H,32,38). The van der Waals surface area contributed by atoms with Gasteiger partial charge in [-0.25, -0.2) is 15.0 Å². The smallest absolute Gasteiger partial charge is 0.273 e. The minimum atomic E-state index is -0.520. The topological polar surface area (TPSA) is 357 Å². The second-order valence-electron chi connectivity index (χ2n) is 29.3. The van der Waals surface area contributed by atoms with Crippen molar-refractivity contribution in [2.24, 2.45) is 36.4 Å². The molecule has 658 valence electrons. The number of nitrogens with zero attached hydrogens (tertiary/aromatic N) is 16. The monoisotopic (exact) mass is 1970 g/mol. The fraction of sp³-hybridized carbons (Fsp3) is 0.242. The van der Waals surface area contributed by atoms with Gasteiger partial charge in [-0.3, -0.25) is 38.9 Å². The third-order valence-corrected chi connectivity index (χ3v) is 25.7. The largest absolute Gasteiger partial charge is 0.497 e. The summed E-state index contributed by atoms with van der Waals surface area (Å²) in [6, 6.07) is 65.4. The molecule has 0 fully saturated rings. The Balaban J connectivity index is 0.000000164. The van der Waals surface area contributed by atoms with Crippen LogP contribution in [0.25, 0.3) is 0 Å². The Morgan fingerprint density at radius 2 is 0.820 bits per heavy atom. The van der Waals surface area contributed by atoms with Gasteiger partial charge in [0.2, 0.25) is 5.91 Å². The second kappa shape index (κ2) is 43.7. The number of ether oxygens (including phenoxy) is 4. The summed E-state index contributed by atoms with van der Waals surface area (Å²) < 4.78 is 29.3. The number of amides is 6. The van der Waals surface area contributed by atoms with Crippen LogP contribution in [0.3, 0.4) is 0 Å². The molecule has 3 atom stereocenters. The predicted octanol–water partition coefficient (Wildman–Crippen LogP) is 15.4. The minimum Gasteiger partial charge on any atom is -0.497 e. The van der Waals surface area contributed by atoms with Gasteiger partial charge in [0.1, 0.15) is 11.5 Å². The van der Waals surface area contributed by atoms with Crippen LogP contribution in [0.5, 0.6) is 23.0 Å². The van der Waals surface area contributed by atoms with Crippen LogP contribution in [0.1, 0.15) is 126 Å². The second-order valence-corrected chi connectivity index (χ2v) is 34.9. The Bertz CT molecular complexity index is 6110. The lowest BCUT2D eigenvalue weighted by Gasteiger charge is -2.22. The van der Waals surface area contributed by atoms with Gasteiger partial charge in [0.05, 0.1) is 112 Å². The van der Waals surface area contributed by atoms with Gasteiger partial charge in [-0.05, 0) is 138 Å². The van der Waals surface area contributed by atoms with Crippen molar-refractivity contribution in [3.8, 4) is 23.0 Å². The van der Waals surface area contributed by atoms with Crippen LogP contribution in [0.4, 0.5) is 5.69 Å². The molecule has 3 aliphatic rings. The number of thioether (sulfide) groups is 3. The Morgan fingerprint density at radius 1 is 0.438 bits per heavy atom. The number of benzene rings is 9. The van der Waals surface area contributed by atoms with Gasteiger partial charge in [0.25, 0.3) is 35.2 Å². The number of aryl methyl sites for hydroxylation is 1. The van der Waals surface area contributed by atoms with Crippen LogP contribution in [0.2, 0.25) is 0 Å². The lowest BCUT2D eigenvalue weighted by molar-refractivity contribution is -0.385. The molecule has 9 aromatic carbocycles. The first-order valence-electron chi connectivity index (χ1n) is 40.0. The molecule has 15 rings (SSSR count). The Kier molecular flexibility index (Phi) is 31.7. The molecule has 0 bridgehead atoms. The van der Waals surface area contributed by atoms with Crippen molar-refractivity contribution in [1.29, 1.82) is 0 Å². The van der Waals surface area contributed by atoms with Gasteiger partial charge in [-0.1, -0.05) is 210 Å². The molecule has 128 heavy (non-hydrogen) atoms. The highest BCUT2D eigenvalue weighted by Gasteiger charge is 2.37. The first kappa shape index (κ1) is 93.0. The molecule has 3 unspecified atom stereocenters. The molecule has 0 saturated heterocycles. The highest BCUT2D eigenvalue weighted by Crippen LogP contribution is 2.39. The van der Waals surface area contributed by atoms with Crippen LogP contribution in [0, 0.1) is 24.0 Å². The predicted molar refractivity (Wildman–Crippen MR) is 499 cm³/mol. The Labute approximate surface area is 775 Å². The average molecular weight is 1980 g/mol. The molecule has 0 radical (unpaired) electrons. The lowest BCUT2D eigenvalue weighted by atomic mass is 9.98. The van der Waals surface area contributed by atoms with E-state index in [0.717, 1.165) is 86.6 Å². The van der Waals surface area contributed by atoms with Crippen LogP contribution in [-0.2, 0) is 66.4 Å². The molecule has 0 aliphatic carbocycles. The zero-order chi connectivity index (χ0) is 90.7. The summed E-state index contributed by atoms with van der Waals surface area (Å²) in [5, 5.41) is 65.6. The van der Waals surface area contributed by atoms with Crippen molar-refractivity contribution in [2.45, 2.75) is 92.8 Å². The van der Waals surface area contributed by atoms with Gasteiger partial charge in [-0.2, -0.15) is 15.3 Å². The van der Waals surface area contributed by atoms with Crippen LogP contribution < -0.4 is 34.9 Å². The molecule has 12 aromatic rings. The number of hydrazone groups is 3. The normalized spacial score (nSPS) is 14.4. The molecular formula is C91H88Br3N19O12S3. The van der Waals surface area contributed by atoms with E-state index in [-0.39, 0.29) is 101 Å². The zero-order valence-corrected chi connectivity index (χ0v) is 78.1. The molecule has 6 amide bonds. The quantitative estimate of drug-likeness (QED) is 0.0214. The van der Waals surface area contributed by atoms with E-state index in [4.69, 9.17) is 34.3 Å². The third kappa shape index (κ3) is 23.4. The van der Waals surface area contributed by atoms with E-state index in [1.807, 2.05) is 166 Å². The number of carbonyl (C=O) groups excluding carboxylic acids is 6. The number of hydrogen-bond acceptors (Lipinski definition) is 24. The highest BCUT2D eigenvalue weighted by molar-refractivity contribution is 9.11. The molecule has 6 heterocycles. The first-order chi connectivity index (χ1) is 61.8. The van der Waals surface area contributed by atoms with Gasteiger partial charge >= 0.3 is 0 Å². The average Bonchev–Trinajstić information content (AvgIpc) is 1.66. The van der Waals surface area contributed by atoms with Crippen molar-refractivity contribution < 1.29 is 52.6 Å². The minimum absolute atomic E-state index is 0.0471. The fourth-order valence-corrected chi connectivity index (χ4v) is 17.1. The summed E-state index contributed by atoms with van der Waals surface area (Å²) in [7, 11) is 11.7. The number of aromatic nitrogens is 9. The van der Waals surface area contributed by atoms with Crippen LogP contribution in [0.15, 0.2) is 257 Å². The van der Waals surface area contributed by atoms with E-state index in [2.05, 4.69) is 119 Å². The number of halogens is 3. The Morgan fingerprint density at radius 3 is 1.20 bits per heavy atom. The van der Waals surface area contributed by atoms with Crippen molar-refractivity contribution in [3.63, 3.8) is 0 Å². The van der Waals surface area contributed by atoms with Crippen LogP contribution in [-0.4, -0.2) is 163 Å². The van der Waals surface area contributed by atoms with Crippen molar-refractivity contribution in [2.75, 3.05) is 45.7 Å². The maximum Gasteiger partial charge on any atom is 0.273 e. The first-order valence-corrected chi connectivity index (χ1v) is 45.3. The number of methoxy groups -OCH3 is 4. The summed E-state index contributed by atoms with van der Waals surface area (Å²) in [6.07, 6.45) is 2.07. The van der Waals surface area contributed by atoms with Gasteiger partial charge in [0.15, 0.2) is 44.4 Å². The Hall–Kier alpha value is -12.7. The third-order valence-electron chi connectivity index (χ3n) is 21.1. The van der Waals surface area contributed by atoms with Gasteiger partial charge in [0, 0.05) is 76.6 Å². The van der Waals surface area contributed by atoms with E-state index in [1.165, 1.54) is 79.6 Å². The molecule has 0 saturated carbocycles. The number of nitrogens with one attached hydrogen (secondary N) is 3. The van der Waals surface area contributed by atoms with Gasteiger partial charge in [-0.15, -0.1) is 30.6 Å². The van der Waals surface area contributed by atoms with E-state index in [1.54, 1.807) is 70.2 Å². The molecule has 31 nitrogen and oxygen atoms in total. The molecule has 3 N–H and O–H groups in total. The molecule has 3 aromatic heterocycles. The number of hydrogen-bond donors (Lipinski definition) is 3. The number of nitro benzene ring substituents is 1. The summed E-state index contributed by atoms with van der Waals surface area (Å²) >= 11 is 14.2. The molecule has 37 heteroatoms. The van der Waals surface area contributed by atoms with E-state index in [0.29, 0.717) is 75.7 Å². The van der Waals surface area contributed by atoms with Gasteiger partial charge < -0.3 is 48.6 Å². The van der Waals surface area contributed by atoms with Crippen molar-refractivity contribution >= 4 is 141 Å². The lowest BCUT2D eigenvalue weighted by Crippen LogP contribution is -2.28. The molecular weight excluding hydrogens is 1890 g/mol. The van der Waals surface area contributed by atoms with Crippen molar-refractivity contribution in [1.82, 2.24) is 75.3 Å². The van der Waals surface area contributed by atoms with Crippen LogP contribution >= 0.6 is 83.1 Å². The number of nitro groups is 1. The number of rotatable bonds is 30. The molecule has 0 spiro atoms.